The summed E-state index contributed by atoms with van der Waals surface area (Å²) >= 11 is 0. The Labute approximate surface area is 237 Å². The second-order valence-electron chi connectivity index (χ2n) is 10.2. The van der Waals surface area contributed by atoms with Crippen LogP contribution in [0.2, 0.25) is 0 Å². The molecule has 1 unspecified atom stereocenters. The number of hydrazine groups is 1. The van der Waals surface area contributed by atoms with Crippen molar-refractivity contribution in [2.45, 2.75) is 71.2 Å². The van der Waals surface area contributed by atoms with Crippen LogP contribution in [0.3, 0.4) is 0 Å². The maximum absolute atomic E-state index is 13.7. The monoisotopic (exact) mass is 572 g/mol. The van der Waals surface area contributed by atoms with Gasteiger partial charge >= 0.3 is 0 Å². The number of carbonyl (C=O) groups excluding carboxylic acids is 2. The molecule has 10 nitrogen and oxygen atoms in total. The summed E-state index contributed by atoms with van der Waals surface area (Å²) in [6.45, 7) is 4.34. The van der Waals surface area contributed by atoms with Gasteiger partial charge < -0.3 is 4.74 Å². The van der Waals surface area contributed by atoms with Crippen LogP contribution >= 0.6 is 0 Å². The first-order chi connectivity index (χ1) is 19.1. The first-order valence-corrected chi connectivity index (χ1v) is 15.5. The quantitative estimate of drug-likeness (QED) is 0.339. The third-order valence-corrected chi connectivity index (χ3v) is 7.45. The highest BCUT2D eigenvalue weighted by molar-refractivity contribution is 7.88. The first-order valence-electron chi connectivity index (χ1n) is 13.6. The van der Waals surface area contributed by atoms with E-state index in [-0.39, 0.29) is 25.3 Å². The fourth-order valence-electron chi connectivity index (χ4n) is 4.19. The summed E-state index contributed by atoms with van der Waals surface area (Å²) in [5.74, 6) is -0.918. The van der Waals surface area contributed by atoms with Gasteiger partial charge in [-0.3, -0.25) is 14.6 Å². The average molecular weight is 573 g/mol. The van der Waals surface area contributed by atoms with Crippen LogP contribution in [0.25, 0.3) is 6.08 Å². The molecule has 0 bridgehead atoms. The molecule has 1 aromatic heterocycles. The molecule has 2 amide bonds. The van der Waals surface area contributed by atoms with Crippen molar-refractivity contribution >= 4 is 27.9 Å². The van der Waals surface area contributed by atoms with Gasteiger partial charge in [0.15, 0.2) is 6.29 Å². The topological polar surface area (TPSA) is 118 Å². The zero-order chi connectivity index (χ0) is 29.0. The number of ether oxygens (including phenoxy) is 1. The van der Waals surface area contributed by atoms with Crippen LogP contribution in [0, 0.1) is 5.92 Å². The number of nitrogens with zero attached hydrogens (tertiary/aromatic N) is 3. The third-order valence-electron chi connectivity index (χ3n) is 6.38. The molecule has 1 saturated heterocycles. The van der Waals surface area contributed by atoms with Crippen molar-refractivity contribution in [2.75, 3.05) is 12.9 Å². The predicted molar refractivity (Wildman–Crippen MR) is 152 cm³/mol. The van der Waals surface area contributed by atoms with E-state index in [1.807, 2.05) is 50.3 Å². The van der Waals surface area contributed by atoms with Gasteiger partial charge in [0.1, 0.15) is 6.04 Å². The maximum atomic E-state index is 13.7. The van der Waals surface area contributed by atoms with Crippen molar-refractivity contribution in [1.82, 2.24) is 19.9 Å². The molecule has 40 heavy (non-hydrogen) atoms. The Kier molecular flexibility index (Phi) is 12.3. The normalized spacial score (nSPS) is 16.8. The number of sulfonamides is 1. The fourth-order valence-corrected chi connectivity index (χ4v) is 5.10. The van der Waals surface area contributed by atoms with Crippen LogP contribution in [0.1, 0.15) is 63.5 Å². The molecule has 1 aromatic carbocycles. The minimum absolute atomic E-state index is 0.0470. The summed E-state index contributed by atoms with van der Waals surface area (Å²) in [5.41, 5.74) is 3.97. The maximum Gasteiger partial charge on any atom is 0.268 e. The lowest BCUT2D eigenvalue weighted by Crippen LogP contribution is -2.58. The van der Waals surface area contributed by atoms with Crippen molar-refractivity contribution in [3.05, 3.63) is 72.1 Å². The molecule has 218 valence electrons. The molecule has 2 aromatic rings. The van der Waals surface area contributed by atoms with E-state index in [2.05, 4.69) is 10.5 Å². The van der Waals surface area contributed by atoms with Crippen LogP contribution in [0.5, 0.6) is 0 Å². The number of nitrogens with one attached hydrogen (secondary N) is 1. The summed E-state index contributed by atoms with van der Waals surface area (Å²) in [4.78, 5) is 36.9. The average Bonchev–Trinajstić information content (AvgIpc) is 2.94. The molecule has 2 atom stereocenters. The number of hydrogen-bond acceptors (Lipinski definition) is 7. The molecular weight excluding hydrogens is 532 g/mol. The smallest absolute Gasteiger partial charge is 0.268 e. The highest BCUT2D eigenvalue weighted by Gasteiger charge is 2.38. The summed E-state index contributed by atoms with van der Waals surface area (Å²) in [5, 5.41) is 1.08. The minimum atomic E-state index is -3.99. The second-order valence-corrected chi connectivity index (χ2v) is 12.1. The SMILES string of the molecule is CC(C)CCC(=O)N(C(CC=Cc1ccccc1)C(=O)NO[C@H]1CCCCO1)N(Cc1ccncc1)S(C)(=O)=O. The number of carbonyl (C=O) groups is 2. The fraction of sp³-hybridized carbons (Fsp3) is 0.483. The Hall–Kier alpha value is -3.12. The lowest BCUT2D eigenvalue weighted by atomic mass is 10.1. The van der Waals surface area contributed by atoms with Gasteiger partial charge in [-0.25, -0.2) is 23.7 Å². The van der Waals surface area contributed by atoms with E-state index in [0.29, 0.717) is 25.0 Å². The van der Waals surface area contributed by atoms with E-state index in [0.717, 1.165) is 34.1 Å². The van der Waals surface area contributed by atoms with Gasteiger partial charge in [-0.2, -0.15) is 0 Å². The van der Waals surface area contributed by atoms with Gasteiger partial charge in [0.25, 0.3) is 5.91 Å². The predicted octanol–water partition coefficient (Wildman–Crippen LogP) is 4.07. The number of pyridine rings is 1. The Morgan fingerprint density at radius 1 is 1.15 bits per heavy atom. The van der Waals surface area contributed by atoms with E-state index < -0.39 is 34.2 Å². The zero-order valence-electron chi connectivity index (χ0n) is 23.4. The molecule has 2 heterocycles. The lowest BCUT2D eigenvalue weighted by Gasteiger charge is -2.38. The molecule has 1 aliphatic heterocycles. The largest absolute Gasteiger partial charge is 0.350 e. The Morgan fingerprint density at radius 2 is 1.88 bits per heavy atom. The molecule has 0 radical (unpaired) electrons. The Balaban J connectivity index is 1.97. The zero-order valence-corrected chi connectivity index (χ0v) is 24.3. The van der Waals surface area contributed by atoms with E-state index in [1.165, 1.54) is 0 Å². The molecule has 0 saturated carbocycles. The van der Waals surface area contributed by atoms with Crippen molar-refractivity contribution in [3.63, 3.8) is 0 Å². The summed E-state index contributed by atoms with van der Waals surface area (Å²) < 4.78 is 32.9. The van der Waals surface area contributed by atoms with Crippen LogP contribution in [-0.4, -0.2) is 59.8 Å². The molecule has 1 fully saturated rings. The second kappa shape index (κ2) is 15.6. The molecule has 11 heteroatoms. The van der Waals surface area contributed by atoms with Crippen molar-refractivity contribution in [1.29, 1.82) is 0 Å². The number of hydroxylamine groups is 1. The summed E-state index contributed by atoms with van der Waals surface area (Å²) in [6, 6.07) is 11.6. The van der Waals surface area contributed by atoms with Gasteiger partial charge in [-0.1, -0.05) is 56.3 Å². The molecule has 1 aliphatic rings. The van der Waals surface area contributed by atoms with E-state index in [1.54, 1.807) is 30.6 Å². The third kappa shape index (κ3) is 10.1. The summed E-state index contributed by atoms with van der Waals surface area (Å²) in [6.07, 6.45) is 10.2. The number of benzene rings is 1. The van der Waals surface area contributed by atoms with Gasteiger partial charge in [-0.15, -0.1) is 4.41 Å². The van der Waals surface area contributed by atoms with E-state index in [9.17, 15) is 18.0 Å². The van der Waals surface area contributed by atoms with Gasteiger partial charge in [0, 0.05) is 31.8 Å². The lowest BCUT2D eigenvalue weighted by molar-refractivity contribution is -0.204. The molecule has 3 rings (SSSR count). The van der Waals surface area contributed by atoms with Crippen LogP contribution in [-0.2, 0) is 35.7 Å². The van der Waals surface area contributed by atoms with Crippen LogP contribution in [0.4, 0.5) is 0 Å². The van der Waals surface area contributed by atoms with E-state index >= 15 is 0 Å². The minimum Gasteiger partial charge on any atom is -0.350 e. The number of rotatable bonds is 14. The molecule has 0 spiro atoms. The standard InChI is InChI=1S/C29H40N4O6S/c1-23(2)15-16-27(34)33(32(40(3,36)37)22-25-17-19-30-20-18-25)26(13-9-12-24-10-5-4-6-11-24)29(35)31-39-28-14-7-8-21-38-28/h4-6,9-12,17-20,23,26,28H,7-8,13-16,21-22H2,1-3H3,(H,31,35)/t26?,28-/m0/s1. The number of amides is 2. The number of aromatic nitrogens is 1. The Morgan fingerprint density at radius 3 is 2.50 bits per heavy atom. The van der Waals surface area contributed by atoms with Crippen molar-refractivity contribution in [2.24, 2.45) is 5.92 Å². The van der Waals surface area contributed by atoms with Gasteiger partial charge in [0.2, 0.25) is 15.9 Å². The van der Waals surface area contributed by atoms with Gasteiger partial charge in [0.05, 0.1) is 12.8 Å². The Bertz CT molecular complexity index is 1200. The van der Waals surface area contributed by atoms with Crippen molar-refractivity contribution < 1.29 is 27.6 Å². The highest BCUT2D eigenvalue weighted by Crippen LogP contribution is 2.21. The molecule has 1 N–H and O–H groups in total. The molecule has 0 aliphatic carbocycles. The number of hydrogen-bond donors (Lipinski definition) is 1. The summed E-state index contributed by atoms with van der Waals surface area (Å²) in [7, 11) is -3.99. The van der Waals surface area contributed by atoms with Crippen LogP contribution < -0.4 is 5.48 Å². The van der Waals surface area contributed by atoms with Crippen molar-refractivity contribution in [3.8, 4) is 0 Å². The van der Waals surface area contributed by atoms with Gasteiger partial charge in [-0.05, 0) is 54.9 Å². The van der Waals surface area contributed by atoms with E-state index in [4.69, 9.17) is 9.57 Å². The molecular formula is C29H40N4O6S. The first kappa shape index (κ1) is 31.4. The highest BCUT2D eigenvalue weighted by atomic mass is 32.2. The van der Waals surface area contributed by atoms with Crippen LogP contribution in [0.15, 0.2) is 60.9 Å².